The molecule has 0 saturated heterocycles. The molecule has 1 aromatic carbocycles. The van der Waals surface area contributed by atoms with Crippen molar-refractivity contribution in [3.05, 3.63) is 56.9 Å². The molecule has 142 valence electrons. The number of aromatic amines is 1. The Morgan fingerprint density at radius 1 is 1.32 bits per heavy atom. The number of carbonyl (C=O) groups is 1. The van der Waals surface area contributed by atoms with Crippen LogP contribution in [-0.2, 0) is 9.84 Å². The van der Waals surface area contributed by atoms with Crippen LogP contribution in [0.15, 0.2) is 34.3 Å². The fourth-order valence-electron chi connectivity index (χ4n) is 2.49. The number of ketones is 1. The quantitative estimate of drug-likeness (QED) is 0.497. The third-order valence-corrected chi connectivity index (χ3v) is 4.97. The minimum absolute atomic E-state index is 0.190. The summed E-state index contributed by atoms with van der Waals surface area (Å²) in [6, 6.07) is 6.72. The molecule has 11 heteroatoms. The molecule has 0 bridgehead atoms. The van der Waals surface area contributed by atoms with Gasteiger partial charge in [-0.05, 0) is 19.1 Å². The number of carbonyl (C=O) groups excluding carboxylic acids is 1. The molecule has 0 aliphatic carbocycles. The number of rotatable bonds is 4. The van der Waals surface area contributed by atoms with E-state index in [0.717, 1.165) is 18.0 Å². The SMILES string of the molecule is Cc1ccc2nc([C@@H](C#N)C(=O)c3nc(S(C)(=O)=O)ncc3Cl)[nH]c(=O)c2c1. The molecule has 3 rings (SSSR count). The Morgan fingerprint density at radius 2 is 2.04 bits per heavy atom. The number of hydrogen-bond donors (Lipinski definition) is 1. The van der Waals surface area contributed by atoms with E-state index < -0.39 is 37.9 Å². The van der Waals surface area contributed by atoms with Crippen LogP contribution in [0, 0.1) is 18.3 Å². The first-order valence-corrected chi connectivity index (χ1v) is 10.1. The van der Waals surface area contributed by atoms with Crippen LogP contribution in [0.5, 0.6) is 0 Å². The summed E-state index contributed by atoms with van der Waals surface area (Å²) in [6.07, 6.45) is 1.84. The number of nitrogens with one attached hydrogen (secondary N) is 1. The van der Waals surface area contributed by atoms with Gasteiger partial charge in [-0.15, -0.1) is 0 Å². The van der Waals surface area contributed by atoms with E-state index in [1.165, 1.54) is 0 Å². The molecular weight excluding hydrogens is 406 g/mol. The smallest absolute Gasteiger partial charge is 0.258 e. The summed E-state index contributed by atoms with van der Waals surface area (Å²) in [6.45, 7) is 1.81. The van der Waals surface area contributed by atoms with Gasteiger partial charge in [-0.1, -0.05) is 23.2 Å². The number of nitrogens with zero attached hydrogens (tertiary/aromatic N) is 4. The first-order valence-electron chi connectivity index (χ1n) is 7.79. The monoisotopic (exact) mass is 417 g/mol. The van der Waals surface area contributed by atoms with Gasteiger partial charge < -0.3 is 4.98 Å². The minimum Gasteiger partial charge on any atom is -0.308 e. The van der Waals surface area contributed by atoms with Crippen LogP contribution in [0.3, 0.4) is 0 Å². The van der Waals surface area contributed by atoms with E-state index in [9.17, 15) is 23.3 Å². The van der Waals surface area contributed by atoms with Gasteiger partial charge >= 0.3 is 0 Å². The Morgan fingerprint density at radius 3 is 2.68 bits per heavy atom. The molecule has 0 aliphatic heterocycles. The summed E-state index contributed by atoms with van der Waals surface area (Å²) in [5, 5.41) is 8.98. The molecule has 1 N–H and O–H groups in total. The first kappa shape index (κ1) is 19.6. The Kier molecular flexibility index (Phi) is 4.97. The Hall–Kier alpha value is -3.16. The second kappa shape index (κ2) is 7.10. The highest BCUT2D eigenvalue weighted by Gasteiger charge is 2.29. The summed E-state index contributed by atoms with van der Waals surface area (Å²) in [4.78, 5) is 39.0. The standard InChI is InChI=1S/C17H12ClN5O4S/c1-8-3-4-12-9(5-8)16(25)23-15(21-12)10(6-19)14(24)13-11(18)7-20-17(22-13)28(2,26)27/h3-5,7,10H,1-2H3,(H,21,23,25)/t10-/m0/s1. The predicted molar refractivity (Wildman–Crippen MR) is 99.9 cm³/mol. The van der Waals surface area contributed by atoms with E-state index in [1.54, 1.807) is 24.3 Å². The number of benzene rings is 1. The normalized spacial score (nSPS) is 12.5. The van der Waals surface area contributed by atoms with Crippen LogP contribution in [-0.4, -0.2) is 40.4 Å². The Balaban J connectivity index is 2.14. The van der Waals surface area contributed by atoms with Crippen molar-refractivity contribution in [3.8, 4) is 6.07 Å². The highest BCUT2D eigenvalue weighted by molar-refractivity contribution is 7.90. The van der Waals surface area contributed by atoms with Crippen LogP contribution < -0.4 is 5.56 Å². The van der Waals surface area contributed by atoms with E-state index in [4.69, 9.17) is 11.6 Å². The number of aromatic nitrogens is 4. The molecule has 0 aliphatic rings. The summed E-state index contributed by atoms with van der Waals surface area (Å²) in [5.74, 6) is -2.64. The van der Waals surface area contributed by atoms with Crippen LogP contribution in [0.2, 0.25) is 5.02 Å². The fraction of sp³-hybridized carbons (Fsp3) is 0.176. The van der Waals surface area contributed by atoms with E-state index >= 15 is 0 Å². The summed E-state index contributed by atoms with van der Waals surface area (Å²) < 4.78 is 23.3. The van der Waals surface area contributed by atoms with E-state index in [1.807, 2.05) is 6.92 Å². The van der Waals surface area contributed by atoms with Crippen molar-refractivity contribution in [1.29, 1.82) is 5.26 Å². The second-order valence-electron chi connectivity index (χ2n) is 6.02. The highest BCUT2D eigenvalue weighted by atomic mass is 35.5. The number of hydrogen-bond acceptors (Lipinski definition) is 8. The van der Waals surface area contributed by atoms with Gasteiger partial charge in [0.1, 0.15) is 11.5 Å². The predicted octanol–water partition coefficient (Wildman–Crippen LogP) is 1.57. The second-order valence-corrected chi connectivity index (χ2v) is 8.34. The van der Waals surface area contributed by atoms with Crippen molar-refractivity contribution in [3.63, 3.8) is 0 Å². The van der Waals surface area contributed by atoms with Gasteiger partial charge in [-0.2, -0.15) is 5.26 Å². The van der Waals surface area contributed by atoms with Crippen molar-refractivity contribution < 1.29 is 13.2 Å². The van der Waals surface area contributed by atoms with E-state index in [0.29, 0.717) is 10.9 Å². The summed E-state index contributed by atoms with van der Waals surface area (Å²) in [5.41, 5.74) is 0.196. The topological polar surface area (TPSA) is 147 Å². The lowest BCUT2D eigenvalue weighted by molar-refractivity contribution is 0.0970. The van der Waals surface area contributed by atoms with Gasteiger partial charge in [-0.25, -0.2) is 23.4 Å². The largest absolute Gasteiger partial charge is 0.308 e. The van der Waals surface area contributed by atoms with Gasteiger partial charge in [0.2, 0.25) is 20.8 Å². The maximum absolute atomic E-state index is 12.8. The van der Waals surface area contributed by atoms with Crippen molar-refractivity contribution in [2.24, 2.45) is 0 Å². The number of halogens is 1. The number of Topliss-reactive ketones (excluding diaryl/α,β-unsaturated/α-hetero) is 1. The van der Waals surface area contributed by atoms with E-state index in [-0.39, 0.29) is 10.8 Å². The summed E-state index contributed by atoms with van der Waals surface area (Å²) >= 11 is 5.93. The third-order valence-electron chi connectivity index (χ3n) is 3.83. The number of nitriles is 1. The zero-order valence-corrected chi connectivity index (χ0v) is 16.2. The van der Waals surface area contributed by atoms with Gasteiger partial charge in [0.15, 0.2) is 5.92 Å². The first-order chi connectivity index (χ1) is 13.1. The lowest BCUT2D eigenvalue weighted by Crippen LogP contribution is -2.21. The molecule has 0 spiro atoms. The Bertz CT molecular complexity index is 1330. The van der Waals surface area contributed by atoms with E-state index in [2.05, 4.69) is 19.9 Å². The van der Waals surface area contributed by atoms with Crippen molar-refractivity contribution in [2.45, 2.75) is 18.0 Å². The number of H-pyrrole nitrogens is 1. The third kappa shape index (κ3) is 3.62. The van der Waals surface area contributed by atoms with Gasteiger partial charge in [0.25, 0.3) is 5.56 Å². The van der Waals surface area contributed by atoms with Crippen LogP contribution in [0.1, 0.15) is 27.8 Å². The molecule has 3 aromatic rings. The number of fused-ring (bicyclic) bond motifs is 1. The Labute approximate surface area is 164 Å². The van der Waals surface area contributed by atoms with Crippen LogP contribution in [0.4, 0.5) is 0 Å². The lowest BCUT2D eigenvalue weighted by Gasteiger charge is -2.10. The molecule has 2 aromatic heterocycles. The molecule has 0 unspecified atom stereocenters. The minimum atomic E-state index is -3.80. The lowest BCUT2D eigenvalue weighted by atomic mass is 10.0. The maximum Gasteiger partial charge on any atom is 0.258 e. The van der Waals surface area contributed by atoms with Crippen molar-refractivity contribution in [1.82, 2.24) is 19.9 Å². The maximum atomic E-state index is 12.8. The fourth-order valence-corrected chi connectivity index (χ4v) is 3.18. The summed E-state index contributed by atoms with van der Waals surface area (Å²) in [7, 11) is -3.80. The molecule has 0 radical (unpaired) electrons. The zero-order chi connectivity index (χ0) is 20.6. The van der Waals surface area contributed by atoms with Crippen molar-refractivity contribution in [2.75, 3.05) is 6.26 Å². The molecule has 1 atom stereocenters. The number of sulfone groups is 1. The van der Waals surface area contributed by atoms with Crippen molar-refractivity contribution >= 4 is 38.1 Å². The van der Waals surface area contributed by atoms with Gasteiger partial charge in [0, 0.05) is 6.26 Å². The van der Waals surface area contributed by atoms with Crippen LogP contribution in [0.25, 0.3) is 10.9 Å². The number of aryl methyl sites for hydroxylation is 1. The molecule has 0 saturated carbocycles. The zero-order valence-electron chi connectivity index (χ0n) is 14.6. The van der Waals surface area contributed by atoms with Crippen LogP contribution >= 0.6 is 11.6 Å². The molecular formula is C17H12ClN5O4S. The molecule has 2 heterocycles. The van der Waals surface area contributed by atoms with Gasteiger partial charge in [-0.3, -0.25) is 9.59 Å². The molecule has 28 heavy (non-hydrogen) atoms. The molecule has 9 nitrogen and oxygen atoms in total. The average molecular weight is 418 g/mol. The highest BCUT2D eigenvalue weighted by Crippen LogP contribution is 2.23. The molecule has 0 fully saturated rings. The molecule has 0 amide bonds. The van der Waals surface area contributed by atoms with Gasteiger partial charge in [0.05, 0.1) is 28.2 Å². The average Bonchev–Trinajstić information content (AvgIpc) is 2.62.